The van der Waals surface area contributed by atoms with E-state index in [1.807, 2.05) is 0 Å². The average molecular weight is 246 g/mol. The van der Waals surface area contributed by atoms with Crippen LogP contribution < -0.4 is 0 Å². The van der Waals surface area contributed by atoms with E-state index in [-0.39, 0.29) is 0 Å². The summed E-state index contributed by atoms with van der Waals surface area (Å²) >= 11 is 0. The zero-order valence-corrected chi connectivity index (χ0v) is 12.0. The third kappa shape index (κ3) is 6.58. The van der Waals surface area contributed by atoms with Gasteiger partial charge in [0.2, 0.25) is 0 Å². The second-order valence-corrected chi connectivity index (χ2v) is 5.55. The standard InChI is InChI=1S/C9H16O.C8H10/c1-8(10)6-7-9-4-2-3-5-9;1-7-4-3-5-8(2)6-7/h9H,2-7H2,1H3;3-6H,1-2H3. The first-order valence-corrected chi connectivity index (χ1v) is 7.10. The van der Waals surface area contributed by atoms with Gasteiger partial charge >= 0.3 is 0 Å². The van der Waals surface area contributed by atoms with Crippen molar-refractivity contribution < 1.29 is 4.79 Å². The van der Waals surface area contributed by atoms with Gasteiger partial charge in [-0.3, -0.25) is 0 Å². The van der Waals surface area contributed by atoms with Crippen molar-refractivity contribution in [2.45, 2.75) is 59.3 Å². The summed E-state index contributed by atoms with van der Waals surface area (Å²) in [7, 11) is 0. The van der Waals surface area contributed by atoms with Crippen molar-refractivity contribution >= 4 is 5.78 Å². The Hall–Kier alpha value is -1.11. The minimum Gasteiger partial charge on any atom is -0.300 e. The molecule has 1 aromatic rings. The summed E-state index contributed by atoms with van der Waals surface area (Å²) in [6.07, 6.45) is 7.48. The number of aryl methyl sites for hydroxylation is 2. The first-order chi connectivity index (χ1) is 8.58. The Morgan fingerprint density at radius 1 is 1.17 bits per heavy atom. The van der Waals surface area contributed by atoms with Gasteiger partial charge in [0.15, 0.2) is 0 Å². The van der Waals surface area contributed by atoms with Crippen molar-refractivity contribution in [2.24, 2.45) is 5.92 Å². The van der Waals surface area contributed by atoms with Crippen LogP contribution in [-0.4, -0.2) is 5.78 Å². The highest BCUT2D eigenvalue weighted by atomic mass is 16.1. The Labute approximate surface area is 112 Å². The molecule has 0 heterocycles. The molecule has 2 rings (SSSR count). The lowest BCUT2D eigenvalue weighted by molar-refractivity contribution is -0.117. The van der Waals surface area contributed by atoms with E-state index in [2.05, 4.69) is 38.1 Å². The molecule has 1 nitrogen and oxygen atoms in total. The number of carbonyl (C=O) groups excluding carboxylic acids is 1. The van der Waals surface area contributed by atoms with Gasteiger partial charge in [0.05, 0.1) is 0 Å². The second kappa shape index (κ2) is 8.07. The van der Waals surface area contributed by atoms with Crippen molar-refractivity contribution in [3.05, 3.63) is 35.4 Å². The lowest BCUT2D eigenvalue weighted by Crippen LogP contribution is -1.97. The van der Waals surface area contributed by atoms with Crippen LogP contribution in [0.15, 0.2) is 24.3 Å². The molecule has 0 radical (unpaired) electrons. The fraction of sp³-hybridized carbons (Fsp3) is 0.588. The molecule has 1 aliphatic carbocycles. The topological polar surface area (TPSA) is 17.1 Å². The molecule has 0 bridgehead atoms. The predicted octanol–water partition coefficient (Wildman–Crippen LogP) is 4.85. The number of Topliss-reactive ketones (excluding diaryl/α,β-unsaturated/α-hetero) is 1. The van der Waals surface area contributed by atoms with E-state index in [0.29, 0.717) is 5.78 Å². The third-order valence-corrected chi connectivity index (χ3v) is 3.55. The number of hydrogen-bond donors (Lipinski definition) is 0. The Balaban J connectivity index is 0.000000184. The largest absolute Gasteiger partial charge is 0.300 e. The predicted molar refractivity (Wildman–Crippen MR) is 77.8 cm³/mol. The lowest BCUT2D eigenvalue weighted by atomic mass is 10.0. The van der Waals surface area contributed by atoms with E-state index in [4.69, 9.17) is 0 Å². The van der Waals surface area contributed by atoms with Crippen LogP contribution in [0.1, 0.15) is 56.6 Å². The SMILES string of the molecule is CC(=O)CCC1CCCC1.Cc1cccc(C)c1. The molecule has 0 aliphatic heterocycles. The molecule has 1 aromatic carbocycles. The Morgan fingerprint density at radius 2 is 1.72 bits per heavy atom. The number of benzene rings is 1. The maximum atomic E-state index is 10.6. The summed E-state index contributed by atoms with van der Waals surface area (Å²) in [6.45, 7) is 5.90. The average Bonchev–Trinajstić information content (AvgIpc) is 2.79. The smallest absolute Gasteiger partial charge is 0.129 e. The van der Waals surface area contributed by atoms with Crippen molar-refractivity contribution in [2.75, 3.05) is 0 Å². The molecule has 0 atom stereocenters. The quantitative estimate of drug-likeness (QED) is 0.745. The fourth-order valence-corrected chi connectivity index (χ4v) is 2.51. The maximum Gasteiger partial charge on any atom is 0.129 e. The van der Waals surface area contributed by atoms with E-state index >= 15 is 0 Å². The van der Waals surface area contributed by atoms with Crippen LogP contribution >= 0.6 is 0 Å². The van der Waals surface area contributed by atoms with Gasteiger partial charge in [-0.05, 0) is 33.1 Å². The number of ketones is 1. The third-order valence-electron chi connectivity index (χ3n) is 3.55. The summed E-state index contributed by atoms with van der Waals surface area (Å²) < 4.78 is 0. The molecular weight excluding hydrogens is 220 g/mol. The minimum atomic E-state index is 0.354. The van der Waals surface area contributed by atoms with Crippen molar-refractivity contribution in [1.29, 1.82) is 0 Å². The Morgan fingerprint density at radius 3 is 2.11 bits per heavy atom. The van der Waals surface area contributed by atoms with Gasteiger partial charge < -0.3 is 4.79 Å². The minimum absolute atomic E-state index is 0.354. The van der Waals surface area contributed by atoms with Crippen LogP contribution in [0.2, 0.25) is 0 Å². The summed E-state index contributed by atoms with van der Waals surface area (Å²) in [5, 5.41) is 0. The molecule has 0 N–H and O–H groups in total. The summed E-state index contributed by atoms with van der Waals surface area (Å²) in [6, 6.07) is 8.45. The van der Waals surface area contributed by atoms with Gasteiger partial charge in [-0.2, -0.15) is 0 Å². The van der Waals surface area contributed by atoms with Crippen LogP contribution in [0, 0.1) is 19.8 Å². The summed E-state index contributed by atoms with van der Waals surface area (Å²) in [5.41, 5.74) is 2.68. The summed E-state index contributed by atoms with van der Waals surface area (Å²) in [4.78, 5) is 10.6. The maximum absolute atomic E-state index is 10.6. The van der Waals surface area contributed by atoms with Gasteiger partial charge in [0.1, 0.15) is 5.78 Å². The zero-order chi connectivity index (χ0) is 13.4. The molecule has 0 aromatic heterocycles. The first-order valence-electron chi connectivity index (χ1n) is 7.10. The van der Waals surface area contributed by atoms with E-state index < -0.39 is 0 Å². The normalized spacial score (nSPS) is 15.1. The van der Waals surface area contributed by atoms with E-state index in [9.17, 15) is 4.79 Å². The van der Waals surface area contributed by atoms with E-state index in [0.717, 1.165) is 18.8 Å². The summed E-state index contributed by atoms with van der Waals surface area (Å²) in [5.74, 6) is 1.23. The number of carbonyl (C=O) groups is 1. The molecule has 0 unspecified atom stereocenters. The van der Waals surface area contributed by atoms with Gasteiger partial charge in [0.25, 0.3) is 0 Å². The molecule has 18 heavy (non-hydrogen) atoms. The van der Waals surface area contributed by atoms with Crippen molar-refractivity contribution in [3.8, 4) is 0 Å². The molecule has 1 aliphatic rings. The van der Waals surface area contributed by atoms with Gasteiger partial charge in [-0.1, -0.05) is 61.1 Å². The number of rotatable bonds is 3. The highest BCUT2D eigenvalue weighted by Crippen LogP contribution is 2.28. The van der Waals surface area contributed by atoms with Crippen LogP contribution in [0.4, 0.5) is 0 Å². The molecule has 0 amide bonds. The molecule has 1 saturated carbocycles. The molecule has 100 valence electrons. The van der Waals surface area contributed by atoms with E-state index in [1.165, 1.54) is 36.8 Å². The van der Waals surface area contributed by atoms with Crippen molar-refractivity contribution in [1.82, 2.24) is 0 Å². The number of hydrogen-bond acceptors (Lipinski definition) is 1. The van der Waals surface area contributed by atoms with Gasteiger partial charge in [-0.15, -0.1) is 0 Å². The second-order valence-electron chi connectivity index (χ2n) is 5.55. The first kappa shape index (κ1) is 14.9. The van der Waals surface area contributed by atoms with E-state index in [1.54, 1.807) is 6.92 Å². The van der Waals surface area contributed by atoms with Gasteiger partial charge in [-0.25, -0.2) is 0 Å². The highest BCUT2D eigenvalue weighted by molar-refractivity contribution is 5.75. The molecule has 1 fully saturated rings. The molecule has 0 spiro atoms. The lowest BCUT2D eigenvalue weighted by Gasteiger charge is -2.04. The van der Waals surface area contributed by atoms with Crippen molar-refractivity contribution in [3.63, 3.8) is 0 Å². The zero-order valence-electron chi connectivity index (χ0n) is 12.0. The molecule has 0 saturated heterocycles. The van der Waals surface area contributed by atoms with Crippen LogP contribution in [0.5, 0.6) is 0 Å². The molecule has 1 heteroatoms. The van der Waals surface area contributed by atoms with Gasteiger partial charge in [0, 0.05) is 6.42 Å². The van der Waals surface area contributed by atoms with Crippen LogP contribution in [0.3, 0.4) is 0 Å². The molecular formula is C17H26O. The van der Waals surface area contributed by atoms with Crippen LogP contribution in [-0.2, 0) is 4.79 Å². The fourth-order valence-electron chi connectivity index (χ4n) is 2.51. The highest BCUT2D eigenvalue weighted by Gasteiger charge is 2.14. The Kier molecular flexibility index (Phi) is 6.70. The Bertz CT molecular complexity index is 344. The van der Waals surface area contributed by atoms with Crippen LogP contribution in [0.25, 0.3) is 0 Å². The monoisotopic (exact) mass is 246 g/mol.